The molecule has 1 fully saturated rings. The lowest BCUT2D eigenvalue weighted by atomic mass is 9.90. The molecule has 5 nitrogen and oxygen atoms in total. The highest BCUT2D eigenvalue weighted by Gasteiger charge is 2.29. The molecule has 140 valence electrons. The SMILES string of the molecule is CCc1cn[nH]c1C1CCN(C(=O)C(C)Oc2ccc(Cl)cc2C)CC1. The number of likely N-dealkylation sites (tertiary alicyclic amines) is 1. The highest BCUT2D eigenvalue weighted by atomic mass is 35.5. The van der Waals surface area contributed by atoms with E-state index in [0.29, 0.717) is 16.7 Å². The molecule has 1 aromatic carbocycles. The van der Waals surface area contributed by atoms with Crippen molar-refractivity contribution in [2.45, 2.75) is 52.1 Å². The molecule has 0 spiro atoms. The fourth-order valence-electron chi connectivity index (χ4n) is 3.59. The average Bonchev–Trinajstić information content (AvgIpc) is 3.12. The number of H-pyrrole nitrogens is 1. The van der Waals surface area contributed by atoms with Crippen molar-refractivity contribution in [2.75, 3.05) is 13.1 Å². The number of benzene rings is 1. The van der Waals surface area contributed by atoms with Crippen LogP contribution in [0.2, 0.25) is 5.02 Å². The zero-order valence-electron chi connectivity index (χ0n) is 15.6. The summed E-state index contributed by atoms with van der Waals surface area (Å²) in [5, 5.41) is 7.99. The average molecular weight is 376 g/mol. The van der Waals surface area contributed by atoms with E-state index in [2.05, 4.69) is 17.1 Å². The Hall–Kier alpha value is -2.01. The van der Waals surface area contributed by atoms with E-state index in [0.717, 1.165) is 37.9 Å². The lowest BCUT2D eigenvalue weighted by molar-refractivity contribution is -0.139. The summed E-state index contributed by atoms with van der Waals surface area (Å²) >= 11 is 5.98. The lowest BCUT2D eigenvalue weighted by Crippen LogP contribution is -2.44. The predicted octanol–water partition coefficient (Wildman–Crippen LogP) is 4.11. The Bertz CT molecular complexity index is 766. The van der Waals surface area contributed by atoms with E-state index in [4.69, 9.17) is 16.3 Å². The number of piperidine rings is 1. The minimum Gasteiger partial charge on any atom is -0.481 e. The number of carbonyl (C=O) groups is 1. The van der Waals surface area contributed by atoms with Gasteiger partial charge < -0.3 is 9.64 Å². The number of ether oxygens (including phenoxy) is 1. The molecule has 0 bridgehead atoms. The molecule has 1 atom stereocenters. The summed E-state index contributed by atoms with van der Waals surface area (Å²) in [6.45, 7) is 7.38. The third-order valence-corrected chi connectivity index (χ3v) is 5.37. The first-order chi connectivity index (χ1) is 12.5. The molecule has 3 rings (SSSR count). The van der Waals surface area contributed by atoms with E-state index < -0.39 is 6.10 Å². The van der Waals surface area contributed by atoms with Gasteiger partial charge in [0.25, 0.3) is 5.91 Å². The van der Waals surface area contributed by atoms with Gasteiger partial charge >= 0.3 is 0 Å². The molecule has 6 heteroatoms. The molecular formula is C20H26ClN3O2. The quantitative estimate of drug-likeness (QED) is 0.855. The number of amides is 1. The second-order valence-electron chi connectivity index (χ2n) is 6.93. The fourth-order valence-corrected chi connectivity index (χ4v) is 3.81. The molecule has 1 saturated heterocycles. The summed E-state index contributed by atoms with van der Waals surface area (Å²) in [6.07, 6.45) is 4.29. The van der Waals surface area contributed by atoms with Crippen LogP contribution in [0.1, 0.15) is 49.4 Å². The van der Waals surface area contributed by atoms with Gasteiger partial charge in [-0.2, -0.15) is 5.10 Å². The Labute approximate surface area is 159 Å². The van der Waals surface area contributed by atoms with Gasteiger partial charge in [0.2, 0.25) is 0 Å². The molecule has 2 aromatic rings. The van der Waals surface area contributed by atoms with E-state index in [1.807, 2.05) is 37.1 Å². The Morgan fingerprint density at radius 2 is 2.15 bits per heavy atom. The van der Waals surface area contributed by atoms with Crippen molar-refractivity contribution < 1.29 is 9.53 Å². The maximum Gasteiger partial charge on any atom is 0.263 e. The number of carbonyl (C=O) groups excluding carboxylic acids is 1. The normalized spacial score (nSPS) is 16.5. The molecule has 1 unspecified atom stereocenters. The van der Waals surface area contributed by atoms with Crippen molar-refractivity contribution in [1.29, 1.82) is 0 Å². The van der Waals surface area contributed by atoms with Gasteiger partial charge in [0.15, 0.2) is 6.10 Å². The zero-order chi connectivity index (χ0) is 18.7. The van der Waals surface area contributed by atoms with Crippen LogP contribution in [0, 0.1) is 6.92 Å². The second-order valence-corrected chi connectivity index (χ2v) is 7.37. The summed E-state index contributed by atoms with van der Waals surface area (Å²) in [4.78, 5) is 14.7. The number of halogens is 1. The number of rotatable bonds is 5. The minimum atomic E-state index is -0.509. The molecular weight excluding hydrogens is 350 g/mol. The highest BCUT2D eigenvalue weighted by molar-refractivity contribution is 6.30. The number of aromatic nitrogens is 2. The standard InChI is InChI=1S/C20H26ClN3O2/c1-4-15-12-22-23-19(15)16-7-9-24(10-8-16)20(25)14(3)26-18-6-5-17(21)11-13(18)2/h5-6,11-12,14,16H,4,7-10H2,1-3H3,(H,22,23). The Balaban J connectivity index is 1.57. The molecule has 0 aliphatic carbocycles. The van der Waals surface area contributed by atoms with Crippen LogP contribution in [0.3, 0.4) is 0 Å². The molecule has 26 heavy (non-hydrogen) atoms. The molecule has 2 heterocycles. The molecule has 1 amide bonds. The zero-order valence-corrected chi connectivity index (χ0v) is 16.3. The van der Waals surface area contributed by atoms with E-state index in [1.165, 1.54) is 11.3 Å². The summed E-state index contributed by atoms with van der Waals surface area (Å²) in [7, 11) is 0. The number of aryl methyl sites for hydroxylation is 2. The van der Waals surface area contributed by atoms with E-state index >= 15 is 0 Å². The van der Waals surface area contributed by atoms with Crippen LogP contribution in [0.5, 0.6) is 5.75 Å². The first-order valence-electron chi connectivity index (χ1n) is 9.23. The van der Waals surface area contributed by atoms with Crippen LogP contribution >= 0.6 is 11.6 Å². The van der Waals surface area contributed by atoms with Crippen LogP contribution in [0.25, 0.3) is 0 Å². The molecule has 0 radical (unpaired) electrons. The highest BCUT2D eigenvalue weighted by Crippen LogP contribution is 2.30. The number of hydrogen-bond acceptors (Lipinski definition) is 3. The van der Waals surface area contributed by atoms with Crippen molar-refractivity contribution in [2.24, 2.45) is 0 Å². The van der Waals surface area contributed by atoms with Gasteiger partial charge in [-0.05, 0) is 62.4 Å². The number of hydrogen-bond donors (Lipinski definition) is 1. The van der Waals surface area contributed by atoms with Crippen LogP contribution in [0.4, 0.5) is 0 Å². The fraction of sp³-hybridized carbons (Fsp3) is 0.500. The minimum absolute atomic E-state index is 0.0399. The van der Waals surface area contributed by atoms with Crippen molar-refractivity contribution in [3.63, 3.8) is 0 Å². The molecule has 1 aliphatic heterocycles. The van der Waals surface area contributed by atoms with Gasteiger partial charge in [-0.25, -0.2) is 0 Å². The molecule has 1 aliphatic rings. The second kappa shape index (κ2) is 8.12. The van der Waals surface area contributed by atoms with Gasteiger partial charge in [0.1, 0.15) is 5.75 Å². The van der Waals surface area contributed by atoms with Gasteiger partial charge in [-0.3, -0.25) is 9.89 Å². The smallest absolute Gasteiger partial charge is 0.263 e. The number of nitrogens with zero attached hydrogens (tertiary/aromatic N) is 2. The van der Waals surface area contributed by atoms with Gasteiger partial charge in [0, 0.05) is 29.7 Å². The monoisotopic (exact) mass is 375 g/mol. The maximum absolute atomic E-state index is 12.8. The Morgan fingerprint density at radius 3 is 2.81 bits per heavy atom. The summed E-state index contributed by atoms with van der Waals surface area (Å²) < 4.78 is 5.88. The van der Waals surface area contributed by atoms with Gasteiger partial charge in [-0.1, -0.05) is 18.5 Å². The summed E-state index contributed by atoms with van der Waals surface area (Å²) in [6, 6.07) is 5.44. The largest absolute Gasteiger partial charge is 0.481 e. The van der Waals surface area contributed by atoms with Crippen molar-refractivity contribution in [3.05, 3.63) is 46.2 Å². The van der Waals surface area contributed by atoms with Crippen molar-refractivity contribution in [3.8, 4) is 5.75 Å². The molecule has 1 aromatic heterocycles. The first-order valence-corrected chi connectivity index (χ1v) is 9.61. The first kappa shape index (κ1) is 18.8. The van der Waals surface area contributed by atoms with E-state index in [-0.39, 0.29) is 5.91 Å². The maximum atomic E-state index is 12.8. The summed E-state index contributed by atoms with van der Waals surface area (Å²) in [5.74, 6) is 1.19. The number of nitrogens with one attached hydrogen (secondary N) is 1. The van der Waals surface area contributed by atoms with Crippen LogP contribution in [0.15, 0.2) is 24.4 Å². The van der Waals surface area contributed by atoms with Crippen LogP contribution in [-0.4, -0.2) is 40.2 Å². The van der Waals surface area contributed by atoms with Gasteiger partial charge in [-0.15, -0.1) is 0 Å². The topological polar surface area (TPSA) is 58.2 Å². The Kier molecular flexibility index (Phi) is 5.87. The van der Waals surface area contributed by atoms with Crippen molar-refractivity contribution in [1.82, 2.24) is 15.1 Å². The summed E-state index contributed by atoms with van der Waals surface area (Å²) in [5.41, 5.74) is 3.45. The van der Waals surface area contributed by atoms with E-state index in [1.54, 1.807) is 6.07 Å². The van der Waals surface area contributed by atoms with Crippen LogP contribution < -0.4 is 4.74 Å². The predicted molar refractivity (Wildman–Crippen MR) is 103 cm³/mol. The third-order valence-electron chi connectivity index (χ3n) is 5.14. The van der Waals surface area contributed by atoms with Crippen LogP contribution in [-0.2, 0) is 11.2 Å². The van der Waals surface area contributed by atoms with Crippen molar-refractivity contribution >= 4 is 17.5 Å². The third kappa shape index (κ3) is 4.04. The number of aromatic amines is 1. The lowest BCUT2D eigenvalue weighted by Gasteiger charge is -2.33. The van der Waals surface area contributed by atoms with Gasteiger partial charge in [0.05, 0.1) is 6.20 Å². The Morgan fingerprint density at radius 1 is 1.42 bits per heavy atom. The van der Waals surface area contributed by atoms with E-state index in [9.17, 15) is 4.79 Å². The molecule has 1 N–H and O–H groups in total. The molecule has 0 saturated carbocycles.